The summed E-state index contributed by atoms with van der Waals surface area (Å²) in [6.45, 7) is 5.36. The number of ether oxygens (including phenoxy) is 2. The number of hydrogen-bond donors (Lipinski definition) is 0. The molecule has 0 heterocycles. The summed E-state index contributed by atoms with van der Waals surface area (Å²) in [7, 11) is -3.96. The van der Waals surface area contributed by atoms with Crippen LogP contribution in [0.4, 0.5) is 5.69 Å². The number of benzene rings is 2. The highest BCUT2D eigenvalue weighted by Gasteiger charge is 2.28. The number of carbonyl (C=O) groups excluding carboxylic acids is 1. The van der Waals surface area contributed by atoms with Crippen LogP contribution in [0.1, 0.15) is 20.8 Å². The van der Waals surface area contributed by atoms with Gasteiger partial charge in [0.15, 0.2) is 0 Å². The highest BCUT2D eigenvalue weighted by atomic mass is 79.9. The van der Waals surface area contributed by atoms with Crippen LogP contribution in [-0.4, -0.2) is 33.6 Å². The Bertz CT molecular complexity index is 864. The molecule has 6 nitrogen and oxygen atoms in total. The van der Waals surface area contributed by atoms with E-state index in [2.05, 4.69) is 15.9 Å². The zero-order valence-corrected chi connectivity index (χ0v) is 17.8. The third-order valence-corrected chi connectivity index (χ3v) is 5.79. The molecule has 0 aromatic heterocycles. The molecule has 2 aromatic rings. The minimum atomic E-state index is -3.96. The molecule has 0 radical (unpaired) electrons. The summed E-state index contributed by atoms with van der Waals surface area (Å²) in [4.78, 5) is 12.3. The third-order valence-electron chi connectivity index (χ3n) is 3.48. The van der Waals surface area contributed by atoms with Crippen molar-refractivity contribution < 1.29 is 22.7 Å². The lowest BCUT2D eigenvalue weighted by atomic mass is 10.3. The highest BCUT2D eigenvalue weighted by Crippen LogP contribution is 2.26. The van der Waals surface area contributed by atoms with Crippen LogP contribution in [0.3, 0.4) is 0 Å². The van der Waals surface area contributed by atoms with Crippen molar-refractivity contribution in [3.8, 4) is 5.75 Å². The van der Waals surface area contributed by atoms with E-state index in [9.17, 15) is 13.2 Å². The van der Waals surface area contributed by atoms with E-state index in [4.69, 9.17) is 9.47 Å². The van der Waals surface area contributed by atoms with Crippen LogP contribution in [0.15, 0.2) is 57.9 Å². The molecule has 0 spiro atoms. The summed E-state index contributed by atoms with van der Waals surface area (Å²) in [6, 6.07) is 12.8. The molecule has 27 heavy (non-hydrogen) atoms. The van der Waals surface area contributed by atoms with E-state index in [1.54, 1.807) is 50.2 Å². The standard InChI is InChI=1S/C19H22BrNO5S/c1-4-25-17-9-7-16(8-10-17)21(13-19(22)26-14(2)3)27(23,24)18-11-5-15(20)6-12-18/h5-12,14H,4,13H2,1-3H3. The Morgan fingerprint density at radius 1 is 1.07 bits per heavy atom. The molecule has 0 fully saturated rings. The second kappa shape index (κ2) is 9.23. The fraction of sp³-hybridized carbons (Fsp3) is 0.316. The van der Waals surface area contributed by atoms with Gasteiger partial charge in [0.25, 0.3) is 10.0 Å². The lowest BCUT2D eigenvalue weighted by Crippen LogP contribution is -2.37. The lowest BCUT2D eigenvalue weighted by Gasteiger charge is -2.24. The van der Waals surface area contributed by atoms with Gasteiger partial charge in [0.05, 0.1) is 23.3 Å². The van der Waals surface area contributed by atoms with Gasteiger partial charge in [-0.1, -0.05) is 15.9 Å². The van der Waals surface area contributed by atoms with Gasteiger partial charge in [-0.05, 0) is 69.3 Å². The maximum atomic E-state index is 13.1. The van der Waals surface area contributed by atoms with Gasteiger partial charge in [-0.15, -0.1) is 0 Å². The summed E-state index contributed by atoms with van der Waals surface area (Å²) < 4.78 is 38.6. The van der Waals surface area contributed by atoms with Gasteiger partial charge in [-0.25, -0.2) is 8.42 Å². The molecular formula is C19H22BrNO5S. The normalized spacial score (nSPS) is 11.3. The van der Waals surface area contributed by atoms with Crippen LogP contribution in [0, 0.1) is 0 Å². The van der Waals surface area contributed by atoms with Crippen LogP contribution in [0.2, 0.25) is 0 Å². The molecule has 2 rings (SSSR count). The van der Waals surface area contributed by atoms with Crippen molar-refractivity contribution in [2.24, 2.45) is 0 Å². The fourth-order valence-corrected chi connectivity index (χ4v) is 4.02. The van der Waals surface area contributed by atoms with Crippen LogP contribution in [-0.2, 0) is 19.6 Å². The van der Waals surface area contributed by atoms with E-state index < -0.39 is 22.5 Å². The van der Waals surface area contributed by atoms with Crippen molar-refractivity contribution in [1.29, 1.82) is 0 Å². The first-order valence-electron chi connectivity index (χ1n) is 8.44. The molecule has 0 bridgehead atoms. The predicted octanol–water partition coefficient (Wildman–Crippen LogP) is 3.99. The predicted molar refractivity (Wildman–Crippen MR) is 108 cm³/mol. The molecule has 0 atom stereocenters. The second-order valence-electron chi connectivity index (χ2n) is 5.93. The van der Waals surface area contributed by atoms with Gasteiger partial charge >= 0.3 is 5.97 Å². The van der Waals surface area contributed by atoms with E-state index >= 15 is 0 Å². The van der Waals surface area contributed by atoms with E-state index in [0.29, 0.717) is 18.0 Å². The first-order chi connectivity index (χ1) is 12.7. The zero-order chi connectivity index (χ0) is 20.0. The molecule has 146 valence electrons. The van der Waals surface area contributed by atoms with Crippen LogP contribution in [0.5, 0.6) is 5.75 Å². The van der Waals surface area contributed by atoms with E-state index in [0.717, 1.165) is 8.78 Å². The quantitative estimate of drug-likeness (QED) is 0.562. The molecule has 2 aromatic carbocycles. The van der Waals surface area contributed by atoms with Crippen molar-refractivity contribution in [1.82, 2.24) is 0 Å². The smallest absolute Gasteiger partial charge is 0.327 e. The average molecular weight is 456 g/mol. The van der Waals surface area contributed by atoms with E-state index in [1.165, 1.54) is 12.1 Å². The van der Waals surface area contributed by atoms with Gasteiger partial charge in [0.2, 0.25) is 0 Å². The Morgan fingerprint density at radius 3 is 2.19 bits per heavy atom. The summed E-state index contributed by atoms with van der Waals surface area (Å²) in [6.07, 6.45) is -0.338. The number of esters is 1. The molecule has 0 aliphatic carbocycles. The minimum absolute atomic E-state index is 0.0805. The molecule has 0 saturated heterocycles. The first-order valence-corrected chi connectivity index (χ1v) is 10.7. The molecule has 8 heteroatoms. The van der Waals surface area contributed by atoms with Gasteiger partial charge in [0.1, 0.15) is 12.3 Å². The summed E-state index contributed by atoms with van der Waals surface area (Å²) in [5.41, 5.74) is 0.349. The van der Waals surface area contributed by atoms with Crippen molar-refractivity contribution in [3.63, 3.8) is 0 Å². The number of nitrogens with zero attached hydrogens (tertiary/aromatic N) is 1. The maximum Gasteiger partial charge on any atom is 0.327 e. The summed E-state index contributed by atoms with van der Waals surface area (Å²) in [5.74, 6) is -0.00781. The monoisotopic (exact) mass is 455 g/mol. The minimum Gasteiger partial charge on any atom is -0.494 e. The number of carbonyl (C=O) groups is 1. The van der Waals surface area contributed by atoms with Gasteiger partial charge in [-0.2, -0.15) is 0 Å². The Balaban J connectivity index is 2.42. The Hall–Kier alpha value is -2.06. The van der Waals surface area contributed by atoms with Crippen molar-refractivity contribution in [2.45, 2.75) is 31.8 Å². The van der Waals surface area contributed by atoms with Gasteiger partial charge < -0.3 is 9.47 Å². The van der Waals surface area contributed by atoms with Crippen molar-refractivity contribution in [2.75, 3.05) is 17.5 Å². The molecule has 0 aliphatic heterocycles. The second-order valence-corrected chi connectivity index (χ2v) is 8.71. The molecular weight excluding hydrogens is 434 g/mol. The Kier molecular flexibility index (Phi) is 7.26. The Morgan fingerprint density at radius 2 is 1.67 bits per heavy atom. The van der Waals surface area contributed by atoms with E-state index in [-0.39, 0.29) is 11.0 Å². The Labute approximate surface area is 168 Å². The number of anilines is 1. The largest absolute Gasteiger partial charge is 0.494 e. The van der Waals surface area contributed by atoms with E-state index in [1.807, 2.05) is 6.92 Å². The lowest BCUT2D eigenvalue weighted by molar-refractivity contribution is -0.145. The average Bonchev–Trinajstić information content (AvgIpc) is 2.60. The number of sulfonamides is 1. The SMILES string of the molecule is CCOc1ccc(N(CC(=O)OC(C)C)S(=O)(=O)c2ccc(Br)cc2)cc1. The zero-order valence-electron chi connectivity index (χ0n) is 15.4. The summed E-state index contributed by atoms with van der Waals surface area (Å²) in [5, 5.41) is 0. The molecule has 0 saturated carbocycles. The molecule has 0 aliphatic rings. The van der Waals surface area contributed by atoms with Gasteiger partial charge in [-0.3, -0.25) is 9.10 Å². The van der Waals surface area contributed by atoms with Crippen molar-refractivity contribution in [3.05, 3.63) is 53.0 Å². The molecule has 0 unspecified atom stereocenters. The van der Waals surface area contributed by atoms with Crippen LogP contribution >= 0.6 is 15.9 Å². The maximum absolute atomic E-state index is 13.1. The number of hydrogen-bond acceptors (Lipinski definition) is 5. The first kappa shape index (κ1) is 21.2. The van der Waals surface area contributed by atoms with Crippen molar-refractivity contribution >= 4 is 37.6 Å². The summed E-state index contributed by atoms with van der Waals surface area (Å²) >= 11 is 3.29. The molecule has 0 amide bonds. The topological polar surface area (TPSA) is 72.9 Å². The third kappa shape index (κ3) is 5.71. The number of rotatable bonds is 8. The highest BCUT2D eigenvalue weighted by molar-refractivity contribution is 9.10. The fourth-order valence-electron chi connectivity index (χ4n) is 2.34. The number of halogens is 1. The molecule has 0 N–H and O–H groups in total. The van der Waals surface area contributed by atoms with Crippen LogP contribution < -0.4 is 9.04 Å². The van der Waals surface area contributed by atoms with Gasteiger partial charge in [0, 0.05) is 4.47 Å². The van der Waals surface area contributed by atoms with Crippen LogP contribution in [0.25, 0.3) is 0 Å².